The molecule has 1 N–H and O–H groups in total. The summed E-state index contributed by atoms with van der Waals surface area (Å²) in [6.45, 7) is 6.47. The largest absolute Gasteiger partial charge is 0.385 e. The number of aliphatic hydroxyl groups is 1. The van der Waals surface area contributed by atoms with Gasteiger partial charge in [-0.05, 0) is 24.3 Å². The highest BCUT2D eigenvalue weighted by Crippen LogP contribution is 2.33. The van der Waals surface area contributed by atoms with Crippen molar-refractivity contribution >= 4 is 0 Å². The van der Waals surface area contributed by atoms with Crippen LogP contribution in [0.5, 0.6) is 0 Å². The fourth-order valence-corrected chi connectivity index (χ4v) is 2.27. The summed E-state index contributed by atoms with van der Waals surface area (Å²) in [5.41, 5.74) is 0.419. The highest BCUT2D eigenvalue weighted by molar-refractivity contribution is 5.22. The summed E-state index contributed by atoms with van der Waals surface area (Å²) in [5, 5.41) is 10.7. The van der Waals surface area contributed by atoms with Crippen molar-refractivity contribution in [2.75, 3.05) is 0 Å². The maximum Gasteiger partial charge on any atom is 0.0896 e. The highest BCUT2D eigenvalue weighted by atomic mass is 16.3. The molecule has 1 nitrogen and oxygen atoms in total. The molecule has 0 heterocycles. The van der Waals surface area contributed by atoms with E-state index in [1.807, 2.05) is 30.3 Å². The minimum atomic E-state index is -0.641. The minimum Gasteiger partial charge on any atom is -0.385 e. The van der Waals surface area contributed by atoms with E-state index in [0.29, 0.717) is 5.92 Å². The summed E-state index contributed by atoms with van der Waals surface area (Å²) in [7, 11) is 0. The molecule has 0 amide bonds. The summed E-state index contributed by atoms with van der Waals surface area (Å²) < 4.78 is 0. The van der Waals surface area contributed by atoms with Crippen LogP contribution < -0.4 is 0 Å². The van der Waals surface area contributed by atoms with Gasteiger partial charge >= 0.3 is 0 Å². The second-order valence-electron chi connectivity index (χ2n) is 4.64. The molecule has 0 aromatic heterocycles. The molecule has 1 unspecified atom stereocenters. The number of rotatable bonds is 6. The highest BCUT2D eigenvalue weighted by Gasteiger charge is 2.29. The second-order valence-corrected chi connectivity index (χ2v) is 4.64. The van der Waals surface area contributed by atoms with Crippen LogP contribution in [-0.2, 0) is 5.60 Å². The van der Waals surface area contributed by atoms with E-state index in [-0.39, 0.29) is 0 Å². The van der Waals surface area contributed by atoms with E-state index in [4.69, 9.17) is 0 Å². The van der Waals surface area contributed by atoms with Crippen LogP contribution in [-0.4, -0.2) is 5.11 Å². The number of benzene rings is 1. The van der Waals surface area contributed by atoms with Gasteiger partial charge in [-0.15, -0.1) is 0 Å². The van der Waals surface area contributed by atoms with Crippen molar-refractivity contribution in [1.82, 2.24) is 0 Å². The molecule has 1 rings (SSSR count). The molecule has 1 atom stereocenters. The standard InChI is InChI=1S/C15H24O/c1-4-13(5-2)12-15(16,6-3)14-10-8-7-9-11-14/h7-11,13,16H,4-6,12H2,1-3H3. The molecule has 0 aliphatic heterocycles. The Bertz CT molecular complexity index is 290. The fraction of sp³-hybridized carbons (Fsp3) is 0.600. The molecular formula is C15H24O. The lowest BCUT2D eigenvalue weighted by atomic mass is 9.81. The van der Waals surface area contributed by atoms with Gasteiger partial charge in [-0.2, -0.15) is 0 Å². The Labute approximate surface area is 99.5 Å². The van der Waals surface area contributed by atoms with Gasteiger partial charge in [0.15, 0.2) is 0 Å². The van der Waals surface area contributed by atoms with E-state index >= 15 is 0 Å². The molecule has 0 bridgehead atoms. The Kier molecular flexibility index (Phi) is 5.01. The zero-order chi connectivity index (χ0) is 12.0. The summed E-state index contributed by atoms with van der Waals surface area (Å²) >= 11 is 0. The number of hydrogen-bond donors (Lipinski definition) is 1. The van der Waals surface area contributed by atoms with E-state index in [1.165, 1.54) is 0 Å². The Morgan fingerprint density at radius 3 is 2.06 bits per heavy atom. The summed E-state index contributed by atoms with van der Waals surface area (Å²) in [4.78, 5) is 0. The van der Waals surface area contributed by atoms with Crippen molar-refractivity contribution in [3.8, 4) is 0 Å². The van der Waals surface area contributed by atoms with Crippen LogP contribution in [0.15, 0.2) is 30.3 Å². The molecule has 1 aromatic rings. The lowest BCUT2D eigenvalue weighted by Gasteiger charge is -2.31. The molecule has 1 heteroatoms. The minimum absolute atomic E-state index is 0.616. The molecular weight excluding hydrogens is 196 g/mol. The first-order chi connectivity index (χ1) is 7.66. The normalized spacial score (nSPS) is 15.1. The lowest BCUT2D eigenvalue weighted by Crippen LogP contribution is -2.27. The van der Waals surface area contributed by atoms with Crippen LogP contribution in [0, 0.1) is 5.92 Å². The van der Waals surface area contributed by atoms with Crippen molar-refractivity contribution in [3.05, 3.63) is 35.9 Å². The maximum atomic E-state index is 10.7. The van der Waals surface area contributed by atoms with E-state index < -0.39 is 5.60 Å². The van der Waals surface area contributed by atoms with Gasteiger partial charge < -0.3 is 5.11 Å². The monoisotopic (exact) mass is 220 g/mol. The quantitative estimate of drug-likeness (QED) is 0.765. The molecule has 16 heavy (non-hydrogen) atoms. The molecule has 0 aliphatic rings. The van der Waals surface area contributed by atoms with Gasteiger partial charge in [0.25, 0.3) is 0 Å². The van der Waals surface area contributed by atoms with Gasteiger partial charge in [-0.25, -0.2) is 0 Å². The molecule has 0 saturated carbocycles. The van der Waals surface area contributed by atoms with Gasteiger partial charge in [-0.3, -0.25) is 0 Å². The Morgan fingerprint density at radius 1 is 1.06 bits per heavy atom. The summed E-state index contributed by atoms with van der Waals surface area (Å²) in [6, 6.07) is 10.1. The third-order valence-electron chi connectivity index (χ3n) is 3.68. The molecule has 0 radical (unpaired) electrons. The van der Waals surface area contributed by atoms with Crippen molar-refractivity contribution in [3.63, 3.8) is 0 Å². The zero-order valence-electron chi connectivity index (χ0n) is 10.7. The zero-order valence-corrected chi connectivity index (χ0v) is 10.7. The average molecular weight is 220 g/mol. The van der Waals surface area contributed by atoms with Gasteiger partial charge in [0, 0.05) is 0 Å². The van der Waals surface area contributed by atoms with E-state index in [0.717, 1.165) is 31.2 Å². The van der Waals surface area contributed by atoms with Crippen LogP contribution in [0.4, 0.5) is 0 Å². The van der Waals surface area contributed by atoms with Crippen LogP contribution in [0.25, 0.3) is 0 Å². The van der Waals surface area contributed by atoms with Crippen LogP contribution in [0.3, 0.4) is 0 Å². The third kappa shape index (κ3) is 3.08. The molecule has 0 aliphatic carbocycles. The van der Waals surface area contributed by atoms with Crippen molar-refractivity contribution < 1.29 is 5.11 Å². The van der Waals surface area contributed by atoms with Crippen LogP contribution in [0.2, 0.25) is 0 Å². The first kappa shape index (κ1) is 13.2. The summed E-state index contributed by atoms with van der Waals surface area (Å²) in [6.07, 6.45) is 3.95. The van der Waals surface area contributed by atoms with Gasteiger partial charge in [0.05, 0.1) is 5.60 Å². The van der Waals surface area contributed by atoms with Crippen LogP contribution >= 0.6 is 0 Å². The van der Waals surface area contributed by atoms with Gasteiger partial charge in [0.2, 0.25) is 0 Å². The maximum absolute atomic E-state index is 10.7. The number of hydrogen-bond acceptors (Lipinski definition) is 1. The predicted molar refractivity (Wildman–Crippen MR) is 69.3 cm³/mol. The van der Waals surface area contributed by atoms with E-state index in [2.05, 4.69) is 20.8 Å². The van der Waals surface area contributed by atoms with Crippen molar-refractivity contribution in [2.24, 2.45) is 5.92 Å². The molecule has 1 aromatic carbocycles. The average Bonchev–Trinajstić information content (AvgIpc) is 2.36. The van der Waals surface area contributed by atoms with Crippen molar-refractivity contribution in [2.45, 2.75) is 52.1 Å². The first-order valence-electron chi connectivity index (χ1n) is 6.44. The fourth-order valence-electron chi connectivity index (χ4n) is 2.27. The second kappa shape index (κ2) is 6.05. The predicted octanol–water partition coefficient (Wildman–Crippen LogP) is 4.11. The molecule has 90 valence electrons. The van der Waals surface area contributed by atoms with E-state index in [1.54, 1.807) is 0 Å². The smallest absolute Gasteiger partial charge is 0.0896 e. The third-order valence-corrected chi connectivity index (χ3v) is 3.68. The van der Waals surface area contributed by atoms with Gasteiger partial charge in [-0.1, -0.05) is 63.9 Å². The topological polar surface area (TPSA) is 20.2 Å². The van der Waals surface area contributed by atoms with E-state index in [9.17, 15) is 5.11 Å². The van der Waals surface area contributed by atoms with Crippen molar-refractivity contribution in [1.29, 1.82) is 0 Å². The Balaban J connectivity index is 2.85. The van der Waals surface area contributed by atoms with Crippen LogP contribution in [0.1, 0.15) is 52.0 Å². The first-order valence-corrected chi connectivity index (χ1v) is 6.44. The SMILES string of the molecule is CCC(CC)CC(O)(CC)c1ccccc1. The van der Waals surface area contributed by atoms with Gasteiger partial charge in [0.1, 0.15) is 0 Å². The molecule has 0 fully saturated rings. The summed E-state index contributed by atoms with van der Waals surface area (Å²) in [5.74, 6) is 0.616. The Hall–Kier alpha value is -0.820. The lowest BCUT2D eigenvalue weighted by molar-refractivity contribution is 0.00571. The molecule has 0 spiro atoms. The molecule has 0 saturated heterocycles. The Morgan fingerprint density at radius 2 is 1.62 bits per heavy atom.